The molecule has 1 aliphatic heterocycles. The average Bonchev–Trinajstić information content (AvgIpc) is 3.14. The zero-order valence-electron chi connectivity index (χ0n) is 14.9. The smallest absolute Gasteiger partial charge is 0.191 e. The van der Waals surface area contributed by atoms with E-state index in [4.69, 9.17) is 9.41 Å². The zero-order chi connectivity index (χ0) is 16.9. The van der Waals surface area contributed by atoms with Crippen molar-refractivity contribution in [2.75, 3.05) is 33.2 Å². The molecule has 0 radical (unpaired) electrons. The fourth-order valence-electron chi connectivity index (χ4n) is 3.30. The molecule has 2 heterocycles. The Morgan fingerprint density at radius 2 is 2.17 bits per heavy atom. The summed E-state index contributed by atoms with van der Waals surface area (Å²) in [6.45, 7) is 8.93. The minimum absolute atomic E-state index is 0.556. The first kappa shape index (κ1) is 16.8. The quantitative estimate of drug-likeness (QED) is 0.654. The number of hydrogen-bond acceptors (Lipinski definition) is 3. The summed E-state index contributed by atoms with van der Waals surface area (Å²) in [7, 11) is 2.18. The van der Waals surface area contributed by atoms with E-state index in [9.17, 15) is 0 Å². The molecule has 1 atom stereocenters. The van der Waals surface area contributed by atoms with E-state index in [1.807, 2.05) is 18.2 Å². The molecule has 1 aromatic carbocycles. The fraction of sp³-hybridized carbons (Fsp3) is 0.526. The Morgan fingerprint density at radius 1 is 1.33 bits per heavy atom. The topological polar surface area (TPSA) is 52.8 Å². The molecule has 1 aliphatic rings. The molecule has 1 fully saturated rings. The van der Waals surface area contributed by atoms with Gasteiger partial charge in [0, 0.05) is 30.6 Å². The predicted molar refractivity (Wildman–Crippen MR) is 99.4 cm³/mol. The van der Waals surface area contributed by atoms with Gasteiger partial charge >= 0.3 is 0 Å². The summed E-state index contributed by atoms with van der Waals surface area (Å²) in [5, 5.41) is 7.98. The second kappa shape index (κ2) is 7.71. The highest BCUT2D eigenvalue weighted by atomic mass is 16.3. The molecule has 1 unspecified atom stereocenters. The molecule has 0 aliphatic carbocycles. The van der Waals surface area contributed by atoms with Crippen molar-refractivity contribution < 1.29 is 4.42 Å². The molecule has 1 aromatic heterocycles. The molecule has 2 aromatic rings. The number of likely N-dealkylation sites (tertiary alicyclic amines) is 1. The number of nitrogens with zero attached hydrogens (tertiary/aromatic N) is 2. The van der Waals surface area contributed by atoms with Gasteiger partial charge in [0.25, 0.3) is 0 Å². The first-order valence-electron chi connectivity index (χ1n) is 8.85. The number of nitrogens with one attached hydrogen (secondary N) is 2. The highest BCUT2D eigenvalue weighted by molar-refractivity contribution is 5.82. The molecule has 0 spiro atoms. The Hall–Kier alpha value is -2.01. The zero-order valence-corrected chi connectivity index (χ0v) is 14.9. The highest BCUT2D eigenvalue weighted by Crippen LogP contribution is 2.25. The Morgan fingerprint density at radius 3 is 2.88 bits per heavy atom. The molecule has 2 N–H and O–H groups in total. The van der Waals surface area contributed by atoms with Gasteiger partial charge in [-0.1, -0.05) is 18.2 Å². The van der Waals surface area contributed by atoms with E-state index < -0.39 is 0 Å². The summed E-state index contributed by atoms with van der Waals surface area (Å²) in [4.78, 5) is 7.09. The number of para-hydroxylation sites is 1. The summed E-state index contributed by atoms with van der Waals surface area (Å²) < 4.78 is 5.95. The maximum absolute atomic E-state index is 5.95. The van der Waals surface area contributed by atoms with Crippen molar-refractivity contribution >= 4 is 16.9 Å². The number of guanidine groups is 1. The van der Waals surface area contributed by atoms with Crippen molar-refractivity contribution in [3.8, 4) is 0 Å². The maximum Gasteiger partial charge on any atom is 0.191 e. The van der Waals surface area contributed by atoms with Crippen LogP contribution in [0, 0.1) is 12.8 Å². The van der Waals surface area contributed by atoms with Crippen LogP contribution in [0.3, 0.4) is 0 Å². The van der Waals surface area contributed by atoms with E-state index in [1.165, 1.54) is 23.9 Å². The third-order valence-electron chi connectivity index (χ3n) is 4.71. The van der Waals surface area contributed by atoms with Crippen molar-refractivity contribution in [3.05, 3.63) is 35.6 Å². The van der Waals surface area contributed by atoms with E-state index in [0.29, 0.717) is 12.5 Å². The van der Waals surface area contributed by atoms with Crippen LogP contribution in [0.1, 0.15) is 24.7 Å². The van der Waals surface area contributed by atoms with Crippen molar-refractivity contribution in [3.63, 3.8) is 0 Å². The summed E-state index contributed by atoms with van der Waals surface area (Å²) in [6, 6.07) is 8.15. The molecule has 1 saturated heterocycles. The molecule has 5 heteroatoms. The molecule has 0 saturated carbocycles. The van der Waals surface area contributed by atoms with E-state index in [-0.39, 0.29) is 0 Å². The Bertz CT molecular complexity index is 706. The molecular weight excluding hydrogens is 300 g/mol. The van der Waals surface area contributed by atoms with Crippen LogP contribution in [-0.4, -0.2) is 44.1 Å². The normalized spacial score (nSPS) is 19.1. The van der Waals surface area contributed by atoms with Gasteiger partial charge in [0.15, 0.2) is 5.96 Å². The number of rotatable bonds is 5. The molecule has 3 rings (SSSR count). The number of aliphatic imine (C=N–C) groups is 1. The predicted octanol–water partition coefficient (Wildman–Crippen LogP) is 2.75. The van der Waals surface area contributed by atoms with Crippen LogP contribution in [0.2, 0.25) is 0 Å². The van der Waals surface area contributed by atoms with Gasteiger partial charge in [0.05, 0.1) is 0 Å². The van der Waals surface area contributed by atoms with Gasteiger partial charge in [-0.2, -0.15) is 0 Å². The fourth-order valence-corrected chi connectivity index (χ4v) is 3.30. The standard InChI is InChI=1S/C19H28N4O/c1-4-20-19(21-11-15-9-10-23(3)13-15)22-12-18-14(2)16-7-5-6-8-17(16)24-18/h5-8,15H,4,9-13H2,1-3H3,(H2,20,21,22). The molecule has 0 bridgehead atoms. The second-order valence-corrected chi connectivity index (χ2v) is 6.64. The summed E-state index contributed by atoms with van der Waals surface area (Å²) in [5.74, 6) is 2.51. The lowest BCUT2D eigenvalue weighted by atomic mass is 10.1. The van der Waals surface area contributed by atoms with Crippen molar-refractivity contribution in [1.82, 2.24) is 15.5 Å². The number of benzene rings is 1. The van der Waals surface area contributed by atoms with Gasteiger partial charge in [-0.15, -0.1) is 0 Å². The molecule has 24 heavy (non-hydrogen) atoms. The number of furan rings is 1. The third-order valence-corrected chi connectivity index (χ3v) is 4.71. The van der Waals surface area contributed by atoms with Crippen LogP contribution >= 0.6 is 0 Å². The van der Waals surface area contributed by atoms with E-state index in [2.05, 4.69) is 42.5 Å². The SMILES string of the molecule is CCNC(=NCc1oc2ccccc2c1C)NCC1CCN(C)C1. The largest absolute Gasteiger partial charge is 0.459 e. The minimum atomic E-state index is 0.556. The number of hydrogen-bond donors (Lipinski definition) is 2. The molecule has 0 amide bonds. The van der Waals surface area contributed by atoms with Crippen LogP contribution in [-0.2, 0) is 6.54 Å². The maximum atomic E-state index is 5.95. The molecular formula is C19H28N4O. The second-order valence-electron chi connectivity index (χ2n) is 6.64. The van der Waals surface area contributed by atoms with Gasteiger partial charge in [0.1, 0.15) is 17.9 Å². The van der Waals surface area contributed by atoms with Crippen molar-refractivity contribution in [2.45, 2.75) is 26.8 Å². The Kier molecular flexibility index (Phi) is 5.41. The van der Waals surface area contributed by atoms with Gasteiger partial charge in [-0.25, -0.2) is 4.99 Å². The van der Waals surface area contributed by atoms with Crippen LogP contribution in [0.5, 0.6) is 0 Å². The van der Waals surface area contributed by atoms with Crippen molar-refractivity contribution in [1.29, 1.82) is 0 Å². The summed E-state index contributed by atoms with van der Waals surface area (Å²) in [6.07, 6.45) is 1.26. The van der Waals surface area contributed by atoms with Gasteiger partial charge in [0.2, 0.25) is 0 Å². The van der Waals surface area contributed by atoms with Crippen molar-refractivity contribution in [2.24, 2.45) is 10.9 Å². The van der Waals surface area contributed by atoms with E-state index in [0.717, 1.165) is 36.9 Å². The first-order valence-corrected chi connectivity index (χ1v) is 8.85. The lowest BCUT2D eigenvalue weighted by Crippen LogP contribution is -2.40. The molecule has 130 valence electrons. The van der Waals surface area contributed by atoms with Crippen LogP contribution < -0.4 is 10.6 Å². The van der Waals surface area contributed by atoms with Crippen LogP contribution in [0.15, 0.2) is 33.7 Å². The van der Waals surface area contributed by atoms with E-state index in [1.54, 1.807) is 0 Å². The number of aryl methyl sites for hydroxylation is 1. The molecule has 5 nitrogen and oxygen atoms in total. The Balaban J connectivity index is 1.65. The summed E-state index contributed by atoms with van der Waals surface area (Å²) in [5.41, 5.74) is 2.12. The van der Waals surface area contributed by atoms with Crippen LogP contribution in [0.4, 0.5) is 0 Å². The highest BCUT2D eigenvalue weighted by Gasteiger charge is 2.19. The van der Waals surface area contributed by atoms with E-state index >= 15 is 0 Å². The first-order chi connectivity index (χ1) is 11.7. The third kappa shape index (κ3) is 3.90. The average molecular weight is 328 g/mol. The van der Waals surface area contributed by atoms with Gasteiger partial charge < -0.3 is 20.0 Å². The Labute approximate surface area is 144 Å². The minimum Gasteiger partial charge on any atom is -0.459 e. The monoisotopic (exact) mass is 328 g/mol. The lowest BCUT2D eigenvalue weighted by molar-refractivity contribution is 0.394. The number of fused-ring (bicyclic) bond motifs is 1. The van der Waals surface area contributed by atoms with Gasteiger partial charge in [-0.3, -0.25) is 0 Å². The lowest BCUT2D eigenvalue weighted by Gasteiger charge is -2.15. The van der Waals surface area contributed by atoms with Gasteiger partial charge in [-0.05, 0) is 45.8 Å². The summed E-state index contributed by atoms with van der Waals surface area (Å²) >= 11 is 0. The van der Waals surface area contributed by atoms with Crippen LogP contribution in [0.25, 0.3) is 11.0 Å².